The molecule has 0 bridgehead atoms. The number of rotatable bonds is 10. The fraction of sp³-hybridized carbons (Fsp3) is 0.778. The number of hydrogen-bond donors (Lipinski definition) is 1. The molecule has 0 saturated carbocycles. The molecule has 0 amide bonds. The number of ether oxygens (including phenoxy) is 1. The summed E-state index contributed by atoms with van der Waals surface area (Å²) in [5.74, 6) is -1.05. The first-order valence-corrected chi connectivity index (χ1v) is 8.42. The standard InChI is InChI=1S/C18H32O4/c1-7-9-11-15(14(10-8-2)17(19)20)18(21)22-16(12(3)4)13(5)6/h12-13,16H,7-11H2,1-6H3,(H,19,20)/b15-14-. The van der Waals surface area contributed by atoms with Gasteiger partial charge < -0.3 is 9.84 Å². The first-order chi connectivity index (χ1) is 10.3. The van der Waals surface area contributed by atoms with Gasteiger partial charge in [-0.2, -0.15) is 0 Å². The Morgan fingerprint density at radius 3 is 1.82 bits per heavy atom. The predicted molar refractivity (Wildman–Crippen MR) is 88.7 cm³/mol. The van der Waals surface area contributed by atoms with Gasteiger partial charge in [-0.25, -0.2) is 9.59 Å². The van der Waals surface area contributed by atoms with Crippen LogP contribution in [0.1, 0.15) is 73.6 Å². The van der Waals surface area contributed by atoms with Crippen LogP contribution in [0.25, 0.3) is 0 Å². The molecule has 0 aromatic rings. The highest BCUT2D eigenvalue weighted by atomic mass is 16.5. The second-order valence-electron chi connectivity index (χ2n) is 6.47. The van der Waals surface area contributed by atoms with E-state index in [1.54, 1.807) is 0 Å². The smallest absolute Gasteiger partial charge is 0.334 e. The van der Waals surface area contributed by atoms with Gasteiger partial charge in [-0.1, -0.05) is 54.4 Å². The predicted octanol–water partition coefficient (Wildman–Crippen LogP) is 4.58. The molecule has 0 rings (SSSR count). The molecule has 0 aliphatic carbocycles. The Morgan fingerprint density at radius 1 is 0.909 bits per heavy atom. The second-order valence-corrected chi connectivity index (χ2v) is 6.47. The minimum Gasteiger partial charge on any atom is -0.478 e. The molecule has 0 aliphatic heterocycles. The van der Waals surface area contributed by atoms with Crippen LogP contribution >= 0.6 is 0 Å². The summed E-state index contributed by atoms with van der Waals surface area (Å²) in [6, 6.07) is 0. The molecule has 0 radical (unpaired) electrons. The number of carboxylic acid groups (broad SMARTS) is 1. The molecule has 22 heavy (non-hydrogen) atoms. The van der Waals surface area contributed by atoms with Gasteiger partial charge in [-0.3, -0.25) is 0 Å². The van der Waals surface area contributed by atoms with E-state index in [1.165, 1.54) is 0 Å². The monoisotopic (exact) mass is 312 g/mol. The van der Waals surface area contributed by atoms with Crippen molar-refractivity contribution in [3.63, 3.8) is 0 Å². The van der Waals surface area contributed by atoms with Crippen LogP contribution in [0.3, 0.4) is 0 Å². The molecule has 0 aliphatic rings. The molecule has 0 aromatic carbocycles. The van der Waals surface area contributed by atoms with E-state index in [0.29, 0.717) is 24.8 Å². The van der Waals surface area contributed by atoms with Crippen molar-refractivity contribution < 1.29 is 19.4 Å². The zero-order valence-corrected chi connectivity index (χ0v) is 14.9. The van der Waals surface area contributed by atoms with Gasteiger partial charge in [0.1, 0.15) is 6.10 Å². The Morgan fingerprint density at radius 2 is 1.45 bits per heavy atom. The number of carbonyl (C=O) groups excluding carboxylic acids is 1. The fourth-order valence-corrected chi connectivity index (χ4v) is 2.60. The lowest BCUT2D eigenvalue weighted by Crippen LogP contribution is -2.30. The van der Waals surface area contributed by atoms with Gasteiger partial charge >= 0.3 is 11.9 Å². The Labute approximate surface area is 134 Å². The lowest BCUT2D eigenvalue weighted by atomic mass is 9.95. The van der Waals surface area contributed by atoms with Gasteiger partial charge in [0.25, 0.3) is 0 Å². The average molecular weight is 312 g/mol. The van der Waals surface area contributed by atoms with Gasteiger partial charge in [-0.15, -0.1) is 0 Å². The molecule has 0 unspecified atom stereocenters. The second kappa shape index (κ2) is 10.4. The Kier molecular flexibility index (Phi) is 9.79. The third-order valence-electron chi connectivity index (χ3n) is 3.71. The third-order valence-corrected chi connectivity index (χ3v) is 3.71. The maximum atomic E-state index is 12.5. The molecule has 0 spiro atoms. The molecule has 0 heterocycles. The maximum Gasteiger partial charge on any atom is 0.334 e. The summed E-state index contributed by atoms with van der Waals surface area (Å²) in [5, 5.41) is 9.41. The molecule has 0 aromatic heterocycles. The van der Waals surface area contributed by atoms with Crippen LogP contribution in [0.5, 0.6) is 0 Å². The Hall–Kier alpha value is -1.32. The molecule has 4 heteroatoms. The van der Waals surface area contributed by atoms with Crippen LogP contribution < -0.4 is 0 Å². The van der Waals surface area contributed by atoms with Crippen molar-refractivity contribution in [2.24, 2.45) is 11.8 Å². The van der Waals surface area contributed by atoms with Crippen molar-refractivity contribution in [2.45, 2.75) is 79.8 Å². The molecule has 0 saturated heterocycles. The van der Waals surface area contributed by atoms with E-state index >= 15 is 0 Å². The van der Waals surface area contributed by atoms with E-state index in [1.807, 2.05) is 41.5 Å². The first kappa shape index (κ1) is 20.7. The van der Waals surface area contributed by atoms with E-state index in [2.05, 4.69) is 0 Å². The summed E-state index contributed by atoms with van der Waals surface area (Å²) in [4.78, 5) is 24.0. The minimum absolute atomic E-state index is 0.194. The van der Waals surface area contributed by atoms with Crippen molar-refractivity contribution in [1.82, 2.24) is 0 Å². The zero-order chi connectivity index (χ0) is 17.3. The van der Waals surface area contributed by atoms with E-state index in [4.69, 9.17) is 4.74 Å². The molecule has 4 nitrogen and oxygen atoms in total. The van der Waals surface area contributed by atoms with Crippen LogP contribution in [0.2, 0.25) is 0 Å². The topological polar surface area (TPSA) is 63.6 Å². The first-order valence-electron chi connectivity index (χ1n) is 8.42. The van der Waals surface area contributed by atoms with Crippen LogP contribution in [0.15, 0.2) is 11.1 Å². The highest BCUT2D eigenvalue weighted by Crippen LogP contribution is 2.23. The van der Waals surface area contributed by atoms with Crippen LogP contribution in [-0.4, -0.2) is 23.1 Å². The van der Waals surface area contributed by atoms with Crippen LogP contribution in [0.4, 0.5) is 0 Å². The Balaban J connectivity index is 5.44. The summed E-state index contributed by atoms with van der Waals surface area (Å²) < 4.78 is 5.65. The number of esters is 1. The highest BCUT2D eigenvalue weighted by Gasteiger charge is 2.26. The molecule has 0 atom stereocenters. The van der Waals surface area contributed by atoms with Crippen molar-refractivity contribution >= 4 is 11.9 Å². The van der Waals surface area contributed by atoms with Gasteiger partial charge in [0.05, 0.1) is 0 Å². The van der Waals surface area contributed by atoms with Gasteiger partial charge in [0.15, 0.2) is 0 Å². The summed E-state index contributed by atoms with van der Waals surface area (Å²) in [6.45, 7) is 12.0. The molecular weight excluding hydrogens is 280 g/mol. The van der Waals surface area contributed by atoms with Crippen molar-refractivity contribution in [3.05, 3.63) is 11.1 Å². The van der Waals surface area contributed by atoms with Crippen molar-refractivity contribution in [3.8, 4) is 0 Å². The largest absolute Gasteiger partial charge is 0.478 e. The van der Waals surface area contributed by atoms with Gasteiger partial charge in [0.2, 0.25) is 0 Å². The minimum atomic E-state index is -1.00. The number of carboxylic acids is 1. The fourth-order valence-electron chi connectivity index (χ4n) is 2.60. The summed E-state index contributed by atoms with van der Waals surface area (Å²) >= 11 is 0. The zero-order valence-electron chi connectivity index (χ0n) is 14.9. The molecule has 1 N–H and O–H groups in total. The quantitative estimate of drug-likeness (QED) is 0.473. The Bertz CT molecular complexity index is 386. The van der Waals surface area contributed by atoms with Crippen LogP contribution in [-0.2, 0) is 14.3 Å². The van der Waals surface area contributed by atoms with Gasteiger partial charge in [-0.05, 0) is 31.1 Å². The third kappa shape index (κ3) is 6.63. The lowest BCUT2D eigenvalue weighted by Gasteiger charge is -2.26. The molecule has 128 valence electrons. The van der Waals surface area contributed by atoms with E-state index < -0.39 is 11.9 Å². The normalized spacial score (nSPS) is 12.8. The van der Waals surface area contributed by atoms with Crippen molar-refractivity contribution in [2.75, 3.05) is 0 Å². The van der Waals surface area contributed by atoms with Crippen LogP contribution in [0, 0.1) is 11.8 Å². The van der Waals surface area contributed by atoms with E-state index in [-0.39, 0.29) is 23.5 Å². The van der Waals surface area contributed by atoms with E-state index in [0.717, 1.165) is 12.8 Å². The molecule has 0 fully saturated rings. The number of aliphatic carboxylic acids is 1. The summed E-state index contributed by atoms with van der Waals surface area (Å²) in [7, 11) is 0. The van der Waals surface area contributed by atoms with Gasteiger partial charge in [0, 0.05) is 11.1 Å². The summed E-state index contributed by atoms with van der Waals surface area (Å²) in [6.07, 6.45) is 3.08. The number of carbonyl (C=O) groups is 2. The number of unbranched alkanes of at least 4 members (excludes halogenated alkanes) is 1. The molecular formula is C18H32O4. The van der Waals surface area contributed by atoms with Crippen molar-refractivity contribution in [1.29, 1.82) is 0 Å². The highest BCUT2D eigenvalue weighted by molar-refractivity contribution is 5.99. The number of hydrogen-bond acceptors (Lipinski definition) is 3. The lowest BCUT2D eigenvalue weighted by molar-refractivity contribution is -0.150. The maximum absolute atomic E-state index is 12.5. The summed E-state index contributed by atoms with van der Waals surface area (Å²) in [5.41, 5.74) is 0.565. The average Bonchev–Trinajstić information content (AvgIpc) is 2.42. The van der Waals surface area contributed by atoms with E-state index in [9.17, 15) is 14.7 Å². The SMILES string of the molecule is CCCC/C(C(=O)OC(C(C)C)C(C)C)=C(\CCC)C(=O)O.